The molecule has 0 aliphatic heterocycles. The number of hydrogen-bond donors (Lipinski definition) is 3. The van der Waals surface area contributed by atoms with Crippen molar-refractivity contribution in [3.63, 3.8) is 0 Å². The normalized spacial score (nSPS) is 10.7. The van der Waals surface area contributed by atoms with E-state index in [1.54, 1.807) is 25.3 Å². The van der Waals surface area contributed by atoms with Crippen molar-refractivity contribution >= 4 is 12.1 Å². The second kappa shape index (κ2) is 8.05. The Balaban J connectivity index is 1.65. The zero-order valence-electron chi connectivity index (χ0n) is 14.8. The summed E-state index contributed by atoms with van der Waals surface area (Å²) in [6.45, 7) is 0. The number of aromatic hydroxyl groups is 1. The first kappa shape index (κ1) is 18.0. The molecule has 27 heavy (non-hydrogen) atoms. The molecule has 0 atom stereocenters. The van der Waals surface area contributed by atoms with Gasteiger partial charge in [-0.15, -0.1) is 0 Å². The van der Waals surface area contributed by atoms with Crippen molar-refractivity contribution in [1.82, 2.24) is 15.6 Å². The van der Waals surface area contributed by atoms with Crippen LogP contribution in [0.1, 0.15) is 16.1 Å². The maximum atomic E-state index is 12.2. The third-order valence-electron chi connectivity index (χ3n) is 3.79. The fraction of sp³-hybridized carbons (Fsp3) is 0.105. The number of ether oxygens (including phenoxy) is 2. The second-order valence-electron chi connectivity index (χ2n) is 5.53. The molecule has 0 unspecified atom stereocenters. The number of methoxy groups -OCH3 is 2. The molecule has 0 aliphatic carbocycles. The summed E-state index contributed by atoms with van der Waals surface area (Å²) in [5, 5.41) is 20.3. The minimum absolute atomic E-state index is 0.0298. The summed E-state index contributed by atoms with van der Waals surface area (Å²) in [6.07, 6.45) is 1.45. The number of nitrogens with one attached hydrogen (secondary N) is 2. The van der Waals surface area contributed by atoms with Gasteiger partial charge in [0.2, 0.25) is 0 Å². The van der Waals surface area contributed by atoms with Crippen LogP contribution in [-0.4, -0.2) is 41.6 Å². The lowest BCUT2D eigenvalue weighted by atomic mass is 10.1. The molecule has 0 saturated carbocycles. The van der Waals surface area contributed by atoms with Gasteiger partial charge < -0.3 is 14.6 Å². The highest BCUT2D eigenvalue weighted by Gasteiger charge is 2.10. The van der Waals surface area contributed by atoms with Gasteiger partial charge in [-0.05, 0) is 54.1 Å². The third kappa shape index (κ3) is 4.24. The number of phenols is 1. The maximum Gasteiger partial charge on any atom is 0.289 e. The van der Waals surface area contributed by atoms with Gasteiger partial charge in [-0.3, -0.25) is 9.89 Å². The van der Waals surface area contributed by atoms with E-state index in [1.165, 1.54) is 19.4 Å². The maximum absolute atomic E-state index is 12.2. The van der Waals surface area contributed by atoms with Crippen LogP contribution in [0.5, 0.6) is 17.2 Å². The molecule has 0 bridgehead atoms. The van der Waals surface area contributed by atoms with Crippen LogP contribution in [0.4, 0.5) is 0 Å². The third-order valence-corrected chi connectivity index (χ3v) is 3.79. The Bertz CT molecular complexity index is 964. The summed E-state index contributed by atoms with van der Waals surface area (Å²) >= 11 is 0. The quantitative estimate of drug-likeness (QED) is 0.459. The van der Waals surface area contributed by atoms with Gasteiger partial charge in [0.15, 0.2) is 11.5 Å². The Hall–Kier alpha value is -3.81. The molecule has 3 aromatic rings. The van der Waals surface area contributed by atoms with Crippen molar-refractivity contribution < 1.29 is 19.4 Å². The van der Waals surface area contributed by atoms with Crippen molar-refractivity contribution in [3.8, 4) is 28.5 Å². The van der Waals surface area contributed by atoms with E-state index in [-0.39, 0.29) is 11.4 Å². The number of amides is 1. The molecule has 0 spiro atoms. The zero-order chi connectivity index (χ0) is 19.2. The average Bonchev–Trinajstić information content (AvgIpc) is 3.19. The first-order chi connectivity index (χ1) is 13.1. The van der Waals surface area contributed by atoms with Gasteiger partial charge in [0.05, 0.1) is 26.1 Å². The fourth-order valence-corrected chi connectivity index (χ4v) is 2.35. The van der Waals surface area contributed by atoms with E-state index in [0.717, 1.165) is 11.3 Å². The molecule has 1 heterocycles. The molecular formula is C19H18N4O4. The van der Waals surface area contributed by atoms with Crippen molar-refractivity contribution in [2.24, 2.45) is 5.10 Å². The molecule has 0 saturated heterocycles. The van der Waals surface area contributed by atoms with Crippen LogP contribution in [-0.2, 0) is 0 Å². The number of phenolic OH excluding ortho intramolecular Hbond substituents is 1. The Morgan fingerprint density at radius 3 is 2.63 bits per heavy atom. The number of nitrogens with zero attached hydrogens (tertiary/aromatic N) is 2. The van der Waals surface area contributed by atoms with E-state index in [0.29, 0.717) is 17.0 Å². The molecular weight excluding hydrogens is 348 g/mol. The number of aromatic amines is 1. The molecule has 1 aromatic heterocycles. The lowest BCUT2D eigenvalue weighted by Crippen LogP contribution is -2.18. The van der Waals surface area contributed by atoms with Gasteiger partial charge in [-0.1, -0.05) is 0 Å². The van der Waals surface area contributed by atoms with Gasteiger partial charge in [-0.2, -0.15) is 10.2 Å². The fourth-order valence-electron chi connectivity index (χ4n) is 2.35. The minimum atomic E-state index is -0.427. The van der Waals surface area contributed by atoms with Gasteiger partial charge in [0.1, 0.15) is 11.4 Å². The highest BCUT2D eigenvalue weighted by molar-refractivity contribution is 5.94. The van der Waals surface area contributed by atoms with E-state index < -0.39 is 5.91 Å². The second-order valence-corrected chi connectivity index (χ2v) is 5.53. The number of H-pyrrole nitrogens is 1. The summed E-state index contributed by atoms with van der Waals surface area (Å²) in [5.41, 5.74) is 4.84. The predicted molar refractivity (Wildman–Crippen MR) is 100 cm³/mol. The van der Waals surface area contributed by atoms with Crippen LogP contribution in [0, 0.1) is 0 Å². The summed E-state index contributed by atoms with van der Waals surface area (Å²) in [6, 6.07) is 13.7. The van der Waals surface area contributed by atoms with Crippen molar-refractivity contribution in [1.29, 1.82) is 0 Å². The van der Waals surface area contributed by atoms with Gasteiger partial charge in [0, 0.05) is 5.56 Å². The Morgan fingerprint density at radius 2 is 1.93 bits per heavy atom. The first-order valence-corrected chi connectivity index (χ1v) is 8.01. The summed E-state index contributed by atoms with van der Waals surface area (Å²) < 4.78 is 10.1. The minimum Gasteiger partial charge on any atom is -0.504 e. The molecule has 3 rings (SSSR count). The number of hydrogen-bond acceptors (Lipinski definition) is 6. The van der Waals surface area contributed by atoms with Crippen molar-refractivity contribution in [3.05, 3.63) is 59.8 Å². The molecule has 8 nitrogen and oxygen atoms in total. The van der Waals surface area contributed by atoms with Crippen LogP contribution in [0.15, 0.2) is 53.6 Å². The first-order valence-electron chi connectivity index (χ1n) is 8.01. The highest BCUT2D eigenvalue weighted by Crippen LogP contribution is 2.25. The number of carbonyl (C=O) groups is 1. The van der Waals surface area contributed by atoms with Crippen LogP contribution in [0.3, 0.4) is 0 Å². The summed E-state index contributed by atoms with van der Waals surface area (Å²) in [7, 11) is 3.05. The largest absolute Gasteiger partial charge is 0.504 e. The van der Waals surface area contributed by atoms with Crippen LogP contribution >= 0.6 is 0 Å². The Morgan fingerprint density at radius 1 is 1.15 bits per heavy atom. The molecule has 2 aromatic carbocycles. The van der Waals surface area contributed by atoms with E-state index in [1.807, 2.05) is 24.3 Å². The molecule has 3 N–H and O–H groups in total. The summed E-state index contributed by atoms with van der Waals surface area (Å²) in [4.78, 5) is 12.2. The molecule has 8 heteroatoms. The zero-order valence-corrected chi connectivity index (χ0v) is 14.8. The lowest BCUT2D eigenvalue weighted by molar-refractivity contribution is 0.0950. The smallest absolute Gasteiger partial charge is 0.289 e. The Kier molecular flexibility index (Phi) is 5.36. The van der Waals surface area contributed by atoms with Gasteiger partial charge >= 0.3 is 0 Å². The summed E-state index contributed by atoms with van der Waals surface area (Å²) in [5.74, 6) is 0.668. The van der Waals surface area contributed by atoms with Crippen LogP contribution in [0.25, 0.3) is 11.3 Å². The number of rotatable bonds is 6. The molecule has 0 radical (unpaired) electrons. The van der Waals surface area contributed by atoms with E-state index >= 15 is 0 Å². The van der Waals surface area contributed by atoms with E-state index in [9.17, 15) is 9.90 Å². The van der Waals surface area contributed by atoms with Crippen molar-refractivity contribution in [2.75, 3.05) is 14.2 Å². The van der Waals surface area contributed by atoms with Crippen molar-refractivity contribution in [2.45, 2.75) is 0 Å². The van der Waals surface area contributed by atoms with Crippen LogP contribution in [0.2, 0.25) is 0 Å². The van der Waals surface area contributed by atoms with Gasteiger partial charge in [0.25, 0.3) is 5.91 Å². The lowest BCUT2D eigenvalue weighted by Gasteiger charge is -2.03. The molecule has 0 fully saturated rings. The molecule has 138 valence electrons. The standard InChI is InChI=1S/C19H18N4O4/c1-26-14-6-4-13(5-7-14)15-10-16(22-21-15)19(25)23-20-11-12-3-8-17(24)18(9-12)27-2/h3-11,24H,1-2H3,(H,21,22)(H,23,25). The average molecular weight is 366 g/mol. The van der Waals surface area contributed by atoms with Gasteiger partial charge in [-0.25, -0.2) is 5.43 Å². The van der Waals surface area contributed by atoms with Crippen LogP contribution < -0.4 is 14.9 Å². The molecule has 1 amide bonds. The molecule has 0 aliphatic rings. The number of benzene rings is 2. The monoisotopic (exact) mass is 366 g/mol. The van der Waals surface area contributed by atoms with E-state index in [4.69, 9.17) is 9.47 Å². The highest BCUT2D eigenvalue weighted by atomic mass is 16.5. The predicted octanol–water partition coefficient (Wildman–Crippen LogP) is 2.56. The number of aromatic nitrogens is 2. The van der Waals surface area contributed by atoms with E-state index in [2.05, 4.69) is 20.7 Å². The SMILES string of the molecule is COc1ccc(-c2cc(C(=O)NN=Cc3ccc(O)c(OC)c3)[nH]n2)cc1. The number of hydrazone groups is 1. The topological polar surface area (TPSA) is 109 Å². The number of carbonyl (C=O) groups excluding carboxylic acids is 1. The Labute approximate surface area is 155 Å².